The van der Waals surface area contributed by atoms with Crippen molar-refractivity contribution in [1.29, 1.82) is 0 Å². The van der Waals surface area contributed by atoms with Gasteiger partial charge >= 0.3 is 0 Å². The minimum absolute atomic E-state index is 0.688. The molecule has 1 heterocycles. The first-order valence-electron chi connectivity index (χ1n) is 3.41. The van der Waals surface area contributed by atoms with Crippen LogP contribution in [-0.2, 0) is 0 Å². The summed E-state index contributed by atoms with van der Waals surface area (Å²) < 4.78 is 0. The van der Waals surface area contributed by atoms with Crippen LogP contribution in [0.1, 0.15) is 11.7 Å². The van der Waals surface area contributed by atoms with Gasteiger partial charge in [-0.1, -0.05) is 30.0 Å². The Morgan fingerprint density at radius 1 is 1.18 bits per heavy atom. The fraction of sp³-hybridized carbons (Fsp3) is 0.250. The van der Waals surface area contributed by atoms with Crippen molar-refractivity contribution in [1.82, 2.24) is 0 Å². The summed E-state index contributed by atoms with van der Waals surface area (Å²) in [6, 6.07) is 7.50. The van der Waals surface area contributed by atoms with E-state index in [1.807, 2.05) is 24.3 Å². The number of aliphatic hydroxyl groups excluding tert-OH is 2. The maximum Gasteiger partial charge on any atom is 0.134 e. The average Bonchev–Trinajstić information content (AvgIpc) is 2.30. The smallest absolute Gasteiger partial charge is 0.134 e. The molecule has 3 heteroatoms. The molecular formula is C8H8O2S. The summed E-state index contributed by atoms with van der Waals surface area (Å²) >= 11 is 1.30. The molecule has 0 spiro atoms. The lowest BCUT2D eigenvalue weighted by atomic mass is 10.1. The number of rotatable bonds is 0. The van der Waals surface area contributed by atoms with Crippen LogP contribution >= 0.6 is 11.8 Å². The fourth-order valence-corrected chi connectivity index (χ4v) is 2.20. The molecule has 0 aromatic heterocycles. The third-order valence-corrected chi connectivity index (χ3v) is 2.88. The zero-order valence-corrected chi connectivity index (χ0v) is 6.58. The Kier molecular flexibility index (Phi) is 1.64. The first-order chi connectivity index (χ1) is 5.29. The van der Waals surface area contributed by atoms with E-state index >= 15 is 0 Å². The van der Waals surface area contributed by atoms with E-state index in [0.29, 0.717) is 0 Å². The van der Waals surface area contributed by atoms with Crippen LogP contribution in [0.3, 0.4) is 0 Å². The van der Waals surface area contributed by atoms with Gasteiger partial charge in [0.05, 0.1) is 0 Å². The minimum atomic E-state index is -0.712. The second-order valence-electron chi connectivity index (χ2n) is 2.49. The summed E-state index contributed by atoms with van der Waals surface area (Å²) in [6.45, 7) is 0. The average molecular weight is 168 g/mol. The van der Waals surface area contributed by atoms with Crippen LogP contribution in [0, 0.1) is 0 Å². The third-order valence-electron chi connectivity index (χ3n) is 1.76. The molecule has 2 N–H and O–H groups in total. The van der Waals surface area contributed by atoms with Crippen LogP contribution in [0.25, 0.3) is 0 Å². The molecule has 1 aliphatic heterocycles. The predicted molar refractivity (Wildman–Crippen MR) is 43.3 cm³/mol. The number of aliphatic hydroxyl groups is 2. The highest BCUT2D eigenvalue weighted by molar-refractivity contribution is 8.00. The van der Waals surface area contributed by atoms with E-state index in [-0.39, 0.29) is 0 Å². The van der Waals surface area contributed by atoms with Gasteiger partial charge in [0, 0.05) is 4.90 Å². The van der Waals surface area contributed by atoms with Gasteiger partial charge in [0.2, 0.25) is 0 Å². The molecule has 0 fully saturated rings. The molecule has 0 aliphatic carbocycles. The van der Waals surface area contributed by atoms with Gasteiger partial charge in [0.25, 0.3) is 0 Å². The van der Waals surface area contributed by atoms with Crippen LogP contribution in [0.4, 0.5) is 0 Å². The fourth-order valence-electron chi connectivity index (χ4n) is 1.18. The van der Waals surface area contributed by atoms with E-state index in [1.54, 1.807) is 0 Å². The van der Waals surface area contributed by atoms with Crippen molar-refractivity contribution in [2.75, 3.05) is 0 Å². The first-order valence-corrected chi connectivity index (χ1v) is 4.29. The van der Waals surface area contributed by atoms with E-state index in [0.717, 1.165) is 10.5 Å². The lowest BCUT2D eigenvalue weighted by Crippen LogP contribution is -2.06. The van der Waals surface area contributed by atoms with E-state index < -0.39 is 11.5 Å². The molecule has 2 nitrogen and oxygen atoms in total. The van der Waals surface area contributed by atoms with Gasteiger partial charge in [0.1, 0.15) is 11.5 Å². The Morgan fingerprint density at radius 2 is 1.91 bits per heavy atom. The first kappa shape index (κ1) is 7.16. The Morgan fingerprint density at radius 3 is 2.64 bits per heavy atom. The second kappa shape index (κ2) is 2.52. The second-order valence-corrected chi connectivity index (χ2v) is 3.65. The molecule has 1 aromatic carbocycles. The number of benzene rings is 1. The Bertz CT molecular complexity index is 275. The van der Waals surface area contributed by atoms with Gasteiger partial charge < -0.3 is 10.2 Å². The summed E-state index contributed by atoms with van der Waals surface area (Å²) in [5.74, 6) is 0. The Labute approximate surface area is 68.9 Å². The number of hydrogen-bond acceptors (Lipinski definition) is 3. The highest BCUT2D eigenvalue weighted by Gasteiger charge is 2.29. The predicted octanol–water partition coefficient (Wildman–Crippen LogP) is 1.14. The van der Waals surface area contributed by atoms with Crippen LogP contribution < -0.4 is 0 Å². The molecule has 1 aliphatic rings. The van der Waals surface area contributed by atoms with Crippen molar-refractivity contribution in [2.45, 2.75) is 16.4 Å². The molecule has 0 radical (unpaired) electrons. The molecule has 0 saturated heterocycles. The summed E-state index contributed by atoms with van der Waals surface area (Å²) in [7, 11) is 0. The number of fused-ring (bicyclic) bond motifs is 1. The standard InChI is InChI=1S/C8H8O2S/c9-7-5-3-1-2-4-6(5)11-8(7)10/h1-4,7-10H/t7-,8+/m0/s1. The molecule has 1 aromatic rings. The van der Waals surface area contributed by atoms with Crippen molar-refractivity contribution in [3.63, 3.8) is 0 Å². The maximum absolute atomic E-state index is 9.38. The molecule has 0 unspecified atom stereocenters. The monoisotopic (exact) mass is 168 g/mol. The van der Waals surface area contributed by atoms with Crippen LogP contribution in [0.5, 0.6) is 0 Å². The van der Waals surface area contributed by atoms with E-state index in [2.05, 4.69) is 0 Å². The van der Waals surface area contributed by atoms with Gasteiger partial charge in [0.15, 0.2) is 0 Å². The summed E-state index contributed by atoms with van der Waals surface area (Å²) in [4.78, 5) is 0.979. The molecule has 0 bridgehead atoms. The number of thioether (sulfide) groups is 1. The molecule has 0 saturated carbocycles. The van der Waals surface area contributed by atoms with Gasteiger partial charge in [-0.15, -0.1) is 0 Å². The van der Waals surface area contributed by atoms with Crippen molar-refractivity contribution >= 4 is 11.8 Å². The highest BCUT2D eigenvalue weighted by atomic mass is 32.2. The number of hydrogen-bond donors (Lipinski definition) is 2. The topological polar surface area (TPSA) is 40.5 Å². The van der Waals surface area contributed by atoms with Gasteiger partial charge in [-0.05, 0) is 11.6 Å². The van der Waals surface area contributed by atoms with Crippen LogP contribution in [0.2, 0.25) is 0 Å². The Hall–Kier alpha value is -0.510. The van der Waals surface area contributed by atoms with E-state index in [4.69, 9.17) is 0 Å². The third kappa shape index (κ3) is 1.05. The molecular weight excluding hydrogens is 160 g/mol. The maximum atomic E-state index is 9.38. The molecule has 58 valence electrons. The highest BCUT2D eigenvalue weighted by Crippen LogP contribution is 2.42. The lowest BCUT2D eigenvalue weighted by Gasteiger charge is -2.05. The van der Waals surface area contributed by atoms with Crippen molar-refractivity contribution in [2.24, 2.45) is 0 Å². The van der Waals surface area contributed by atoms with Crippen LogP contribution in [-0.4, -0.2) is 15.6 Å². The molecule has 2 atom stereocenters. The van der Waals surface area contributed by atoms with Gasteiger partial charge in [-0.3, -0.25) is 0 Å². The zero-order valence-electron chi connectivity index (χ0n) is 5.77. The summed E-state index contributed by atoms with van der Waals surface area (Å²) in [6.07, 6.45) is -0.712. The molecule has 11 heavy (non-hydrogen) atoms. The summed E-state index contributed by atoms with van der Waals surface area (Å²) in [5, 5.41) is 18.6. The molecule has 0 amide bonds. The quantitative estimate of drug-likeness (QED) is 0.610. The minimum Gasteiger partial charge on any atom is -0.385 e. The normalized spacial score (nSPS) is 28.5. The SMILES string of the molecule is O[C@@H]1Sc2ccccc2[C@@H]1O. The van der Waals surface area contributed by atoms with Crippen molar-refractivity contribution in [3.05, 3.63) is 29.8 Å². The van der Waals surface area contributed by atoms with E-state index in [1.165, 1.54) is 11.8 Å². The zero-order chi connectivity index (χ0) is 7.84. The summed E-state index contributed by atoms with van der Waals surface area (Å²) in [5.41, 5.74) is 0.150. The van der Waals surface area contributed by atoms with Crippen LogP contribution in [0.15, 0.2) is 29.2 Å². The lowest BCUT2D eigenvalue weighted by molar-refractivity contribution is 0.0772. The van der Waals surface area contributed by atoms with E-state index in [9.17, 15) is 10.2 Å². The van der Waals surface area contributed by atoms with Gasteiger partial charge in [-0.25, -0.2) is 0 Å². The molecule has 2 rings (SSSR count). The van der Waals surface area contributed by atoms with Crippen molar-refractivity contribution < 1.29 is 10.2 Å². The van der Waals surface area contributed by atoms with Gasteiger partial charge in [-0.2, -0.15) is 0 Å². The Balaban J connectivity index is 2.47. The van der Waals surface area contributed by atoms with Crippen molar-refractivity contribution in [3.8, 4) is 0 Å². The largest absolute Gasteiger partial charge is 0.385 e.